The van der Waals surface area contributed by atoms with Gasteiger partial charge in [-0.1, -0.05) is 12.5 Å². The molecule has 2 heterocycles. The second-order valence-corrected chi connectivity index (χ2v) is 11.0. The van der Waals surface area contributed by atoms with Crippen LogP contribution in [0.15, 0.2) is 36.4 Å². The molecule has 4 atom stereocenters. The highest BCUT2D eigenvalue weighted by Gasteiger charge is 2.38. The standard InChI is InChI=1S/C30H38N4O6/c1-33(2)30(37)19-6-4-7-22(13-19)40-23-10-11-34(16-23)28(36)18-39-29-21(17-35)12-20(14-27(29)38-3)24-8-5-9-26-25(24)15-31-32-26/h4,6-7,12-14,17,23-26,31-32H,5,8-11,15-16,18H2,1-3H3. The molecule has 2 saturated heterocycles. The number of fused-ring (bicyclic) bond motifs is 1. The van der Waals surface area contributed by atoms with Crippen LogP contribution in [0.5, 0.6) is 17.2 Å². The number of ether oxygens (including phenoxy) is 3. The summed E-state index contributed by atoms with van der Waals surface area (Å²) in [6, 6.07) is 11.3. The third kappa shape index (κ3) is 5.93. The number of carbonyl (C=O) groups is 3. The van der Waals surface area contributed by atoms with Crippen molar-refractivity contribution in [2.45, 2.75) is 43.7 Å². The molecule has 0 bridgehead atoms. The van der Waals surface area contributed by atoms with E-state index in [1.165, 1.54) is 4.90 Å². The number of nitrogens with one attached hydrogen (secondary N) is 2. The van der Waals surface area contributed by atoms with Crippen molar-refractivity contribution in [1.29, 1.82) is 0 Å². The van der Waals surface area contributed by atoms with Crippen LogP contribution in [-0.2, 0) is 4.79 Å². The van der Waals surface area contributed by atoms with Crippen molar-refractivity contribution in [3.8, 4) is 17.2 Å². The number of benzene rings is 2. The predicted octanol–water partition coefficient (Wildman–Crippen LogP) is 2.63. The predicted molar refractivity (Wildman–Crippen MR) is 149 cm³/mol. The molecule has 10 heteroatoms. The maximum Gasteiger partial charge on any atom is 0.260 e. The second kappa shape index (κ2) is 12.3. The van der Waals surface area contributed by atoms with Crippen molar-refractivity contribution in [3.05, 3.63) is 53.1 Å². The van der Waals surface area contributed by atoms with Gasteiger partial charge in [0.15, 0.2) is 24.4 Å². The van der Waals surface area contributed by atoms with E-state index < -0.39 is 0 Å². The van der Waals surface area contributed by atoms with Crippen LogP contribution >= 0.6 is 0 Å². The van der Waals surface area contributed by atoms with Gasteiger partial charge in [0.1, 0.15) is 11.9 Å². The lowest BCUT2D eigenvalue weighted by atomic mass is 9.73. The number of methoxy groups -OCH3 is 1. The fourth-order valence-electron chi connectivity index (χ4n) is 6.13. The summed E-state index contributed by atoms with van der Waals surface area (Å²) in [4.78, 5) is 40.6. The summed E-state index contributed by atoms with van der Waals surface area (Å²) in [6.07, 6.45) is 4.56. The zero-order chi connectivity index (χ0) is 28.2. The van der Waals surface area contributed by atoms with Crippen LogP contribution in [0.3, 0.4) is 0 Å². The SMILES string of the molecule is COc1cc(C2CCCC3NNCC32)cc(C=O)c1OCC(=O)N1CCC(Oc2cccc(C(=O)N(C)C)c2)C1. The molecule has 2 aromatic carbocycles. The summed E-state index contributed by atoms with van der Waals surface area (Å²) in [5.41, 5.74) is 8.65. The molecule has 0 aromatic heterocycles. The van der Waals surface area contributed by atoms with Crippen molar-refractivity contribution in [2.24, 2.45) is 5.92 Å². The minimum atomic E-state index is -0.210. The van der Waals surface area contributed by atoms with Gasteiger partial charge < -0.3 is 24.0 Å². The molecule has 2 aliphatic heterocycles. The molecule has 2 aromatic rings. The average molecular weight is 551 g/mol. The van der Waals surface area contributed by atoms with E-state index in [2.05, 4.69) is 10.9 Å². The summed E-state index contributed by atoms with van der Waals surface area (Å²) in [5.74, 6) is 1.82. The molecule has 4 unspecified atom stereocenters. The monoisotopic (exact) mass is 550 g/mol. The van der Waals surface area contributed by atoms with Crippen molar-refractivity contribution in [3.63, 3.8) is 0 Å². The Hall–Kier alpha value is -3.63. The van der Waals surface area contributed by atoms with Gasteiger partial charge in [-0.25, -0.2) is 0 Å². The lowest BCUT2D eigenvalue weighted by Crippen LogP contribution is -2.36. The Morgan fingerprint density at radius 3 is 2.77 bits per heavy atom. The van der Waals surface area contributed by atoms with Crippen molar-refractivity contribution < 1.29 is 28.6 Å². The number of carbonyl (C=O) groups excluding carboxylic acids is 3. The van der Waals surface area contributed by atoms with Gasteiger partial charge in [-0.3, -0.25) is 25.2 Å². The summed E-state index contributed by atoms with van der Waals surface area (Å²) >= 11 is 0. The number of nitrogens with zero attached hydrogens (tertiary/aromatic N) is 2. The largest absolute Gasteiger partial charge is 0.493 e. The smallest absolute Gasteiger partial charge is 0.260 e. The molecule has 0 spiro atoms. The van der Waals surface area contributed by atoms with Gasteiger partial charge >= 0.3 is 0 Å². The molecular weight excluding hydrogens is 512 g/mol. The zero-order valence-corrected chi connectivity index (χ0v) is 23.4. The lowest BCUT2D eigenvalue weighted by molar-refractivity contribution is -0.132. The normalized spacial score (nSPS) is 23.8. The summed E-state index contributed by atoms with van der Waals surface area (Å²) in [6.45, 7) is 1.63. The Labute approximate surface area is 234 Å². The molecule has 1 aliphatic carbocycles. The number of amides is 2. The van der Waals surface area contributed by atoms with Gasteiger partial charge in [0.25, 0.3) is 11.8 Å². The minimum absolute atomic E-state index is 0.0977. The fraction of sp³-hybridized carbons (Fsp3) is 0.500. The first-order chi connectivity index (χ1) is 19.4. The quantitative estimate of drug-likeness (QED) is 0.459. The van der Waals surface area contributed by atoms with E-state index in [9.17, 15) is 14.4 Å². The van der Waals surface area contributed by atoms with E-state index in [-0.39, 0.29) is 24.5 Å². The first kappa shape index (κ1) is 27.9. The molecule has 2 amide bonds. The van der Waals surface area contributed by atoms with E-state index in [1.54, 1.807) is 44.3 Å². The molecule has 3 fully saturated rings. The van der Waals surface area contributed by atoms with E-state index in [4.69, 9.17) is 14.2 Å². The molecule has 0 radical (unpaired) electrons. The Morgan fingerprint density at radius 2 is 2.00 bits per heavy atom. The molecule has 3 aliphatic rings. The van der Waals surface area contributed by atoms with Crippen LogP contribution < -0.4 is 25.1 Å². The van der Waals surface area contributed by atoms with Gasteiger partial charge in [-0.15, -0.1) is 0 Å². The first-order valence-corrected chi connectivity index (χ1v) is 13.9. The zero-order valence-electron chi connectivity index (χ0n) is 23.4. The molecule has 40 heavy (non-hydrogen) atoms. The Bertz CT molecular complexity index is 1250. The summed E-state index contributed by atoms with van der Waals surface area (Å²) < 4.78 is 17.6. The van der Waals surface area contributed by atoms with Crippen molar-refractivity contribution >= 4 is 18.1 Å². The highest BCUT2D eigenvalue weighted by molar-refractivity contribution is 5.94. The number of hydrogen-bond acceptors (Lipinski definition) is 8. The Kier molecular flexibility index (Phi) is 8.56. The van der Waals surface area contributed by atoms with E-state index in [0.717, 1.165) is 37.7 Å². The molecular formula is C30H38N4O6. The van der Waals surface area contributed by atoms with Crippen LogP contribution in [0, 0.1) is 5.92 Å². The van der Waals surface area contributed by atoms with Gasteiger partial charge in [0.2, 0.25) is 0 Å². The van der Waals surface area contributed by atoms with Gasteiger partial charge in [0, 0.05) is 45.2 Å². The second-order valence-electron chi connectivity index (χ2n) is 11.0. The van der Waals surface area contributed by atoms with Crippen LogP contribution in [0.25, 0.3) is 0 Å². The third-order valence-electron chi connectivity index (χ3n) is 8.20. The van der Waals surface area contributed by atoms with E-state index >= 15 is 0 Å². The fourth-order valence-corrected chi connectivity index (χ4v) is 6.13. The molecule has 5 rings (SSSR count). The topological polar surface area (TPSA) is 109 Å². The van der Waals surface area contributed by atoms with Gasteiger partial charge in [0.05, 0.1) is 19.2 Å². The highest BCUT2D eigenvalue weighted by Crippen LogP contribution is 2.43. The average Bonchev–Trinajstić information content (AvgIpc) is 3.65. The molecule has 214 valence electrons. The van der Waals surface area contributed by atoms with E-state index in [1.807, 2.05) is 18.2 Å². The van der Waals surface area contributed by atoms with Crippen LogP contribution in [0.1, 0.15) is 57.9 Å². The van der Waals surface area contributed by atoms with Gasteiger partial charge in [-0.2, -0.15) is 0 Å². The van der Waals surface area contributed by atoms with E-state index in [0.29, 0.717) is 65.8 Å². The van der Waals surface area contributed by atoms with Crippen LogP contribution in [-0.4, -0.2) is 87.5 Å². The molecule has 2 N–H and O–H groups in total. The number of hydrogen-bond donors (Lipinski definition) is 2. The maximum atomic E-state index is 13.0. The highest BCUT2D eigenvalue weighted by atomic mass is 16.5. The van der Waals surface area contributed by atoms with Crippen molar-refractivity contribution in [2.75, 3.05) is 47.4 Å². The third-order valence-corrected chi connectivity index (χ3v) is 8.20. The maximum absolute atomic E-state index is 13.0. The van der Waals surface area contributed by atoms with Crippen LogP contribution in [0.2, 0.25) is 0 Å². The number of likely N-dealkylation sites (tertiary alicyclic amines) is 1. The Balaban J connectivity index is 1.21. The number of aldehydes is 1. The molecule has 1 saturated carbocycles. The number of rotatable bonds is 9. The minimum Gasteiger partial charge on any atom is -0.493 e. The van der Waals surface area contributed by atoms with Crippen LogP contribution in [0.4, 0.5) is 0 Å². The number of hydrazine groups is 1. The summed E-state index contributed by atoms with van der Waals surface area (Å²) in [5, 5.41) is 0. The van der Waals surface area contributed by atoms with Gasteiger partial charge in [-0.05, 0) is 60.6 Å². The Morgan fingerprint density at radius 1 is 1.15 bits per heavy atom. The van der Waals surface area contributed by atoms with Crippen molar-refractivity contribution in [1.82, 2.24) is 20.7 Å². The summed E-state index contributed by atoms with van der Waals surface area (Å²) in [7, 11) is 4.96. The lowest BCUT2D eigenvalue weighted by Gasteiger charge is -2.33. The first-order valence-electron chi connectivity index (χ1n) is 13.9. The molecule has 10 nitrogen and oxygen atoms in total.